The average molecular weight is 235 g/mol. The summed E-state index contributed by atoms with van der Waals surface area (Å²) < 4.78 is 0. The fourth-order valence-corrected chi connectivity index (χ4v) is 1.84. The fourth-order valence-electron chi connectivity index (χ4n) is 1.84. The number of rotatable bonds is 3. The maximum absolute atomic E-state index is 11.3. The second-order valence-corrected chi connectivity index (χ2v) is 4.43. The minimum Gasteiger partial charge on any atom is -0.354 e. The number of nitrogens with two attached hydrogens (primary N) is 1. The number of nitrogens with one attached hydrogen (secondary N) is 1. The predicted octanol–water partition coefficient (Wildman–Crippen LogP) is -0.236. The molecule has 0 atom stereocenters. The Morgan fingerprint density at radius 1 is 1.53 bits per heavy atom. The summed E-state index contributed by atoms with van der Waals surface area (Å²) in [6, 6.07) is 3.47. The van der Waals surface area contributed by atoms with Crippen molar-refractivity contribution in [3.63, 3.8) is 0 Å². The van der Waals surface area contributed by atoms with Gasteiger partial charge in [-0.1, -0.05) is 6.92 Å². The van der Waals surface area contributed by atoms with Gasteiger partial charge < -0.3 is 16.0 Å². The Balaban J connectivity index is 2.03. The molecule has 6 heteroatoms. The van der Waals surface area contributed by atoms with E-state index in [0.717, 1.165) is 25.3 Å². The summed E-state index contributed by atoms with van der Waals surface area (Å²) in [6.45, 7) is 3.66. The molecule has 1 fully saturated rings. The molecule has 92 valence electrons. The third-order valence-electron chi connectivity index (χ3n) is 3.15. The van der Waals surface area contributed by atoms with Crippen molar-refractivity contribution in [1.29, 1.82) is 0 Å². The lowest BCUT2D eigenvalue weighted by atomic mass is 9.88. The number of hydrogen-bond acceptors (Lipinski definition) is 5. The molecule has 0 bridgehead atoms. The van der Waals surface area contributed by atoms with E-state index in [4.69, 9.17) is 5.73 Å². The Labute approximate surface area is 100 Å². The second-order valence-electron chi connectivity index (χ2n) is 4.43. The van der Waals surface area contributed by atoms with E-state index < -0.39 is 0 Å². The molecule has 1 aliphatic rings. The Bertz CT molecular complexity index is 410. The molecular weight excluding hydrogens is 218 g/mol. The highest BCUT2D eigenvalue weighted by Gasteiger charge is 2.38. The third kappa shape index (κ3) is 2.21. The summed E-state index contributed by atoms with van der Waals surface area (Å²) in [4.78, 5) is 13.3. The molecule has 0 aliphatic carbocycles. The van der Waals surface area contributed by atoms with E-state index in [1.807, 2.05) is 0 Å². The molecule has 0 unspecified atom stereocenters. The van der Waals surface area contributed by atoms with Crippen LogP contribution in [0.15, 0.2) is 12.1 Å². The number of amides is 1. The van der Waals surface area contributed by atoms with Crippen LogP contribution < -0.4 is 16.0 Å². The first-order valence-electron chi connectivity index (χ1n) is 5.67. The van der Waals surface area contributed by atoms with Crippen LogP contribution in [0, 0.1) is 0 Å². The van der Waals surface area contributed by atoms with Crippen molar-refractivity contribution in [1.82, 2.24) is 15.5 Å². The fraction of sp³-hybridized carbons (Fsp3) is 0.545. The minimum absolute atomic E-state index is 0.0961. The van der Waals surface area contributed by atoms with Gasteiger partial charge in [0.25, 0.3) is 5.91 Å². The largest absolute Gasteiger partial charge is 0.354 e. The van der Waals surface area contributed by atoms with E-state index in [0.29, 0.717) is 5.69 Å². The van der Waals surface area contributed by atoms with Gasteiger partial charge in [-0.05, 0) is 18.6 Å². The molecule has 0 aromatic carbocycles. The summed E-state index contributed by atoms with van der Waals surface area (Å²) >= 11 is 0. The molecule has 2 heterocycles. The molecule has 0 saturated carbocycles. The van der Waals surface area contributed by atoms with Gasteiger partial charge >= 0.3 is 0 Å². The number of anilines is 1. The maximum atomic E-state index is 11.3. The Morgan fingerprint density at radius 2 is 2.24 bits per heavy atom. The lowest BCUT2D eigenvalue weighted by molar-refractivity contribution is 0.0957. The van der Waals surface area contributed by atoms with Gasteiger partial charge in [0.05, 0.1) is 5.54 Å². The Kier molecular flexibility index (Phi) is 2.97. The molecule has 1 aliphatic heterocycles. The number of carbonyl (C=O) groups excluding carboxylic acids is 1. The standard InChI is InChI=1S/C11H17N5O/c1-3-11(12)6-16(7-11)9-5-4-8(14-15-9)10(17)13-2/h4-5H,3,6-7,12H2,1-2H3,(H,13,17). The van der Waals surface area contributed by atoms with Gasteiger partial charge in [0.15, 0.2) is 11.5 Å². The molecule has 6 nitrogen and oxygen atoms in total. The van der Waals surface area contributed by atoms with E-state index in [9.17, 15) is 4.79 Å². The number of nitrogens with zero attached hydrogens (tertiary/aromatic N) is 3. The summed E-state index contributed by atoms with van der Waals surface area (Å²) in [5, 5.41) is 10.4. The van der Waals surface area contributed by atoms with Crippen molar-refractivity contribution < 1.29 is 4.79 Å². The van der Waals surface area contributed by atoms with Gasteiger partial charge in [0.1, 0.15) is 0 Å². The van der Waals surface area contributed by atoms with Gasteiger partial charge in [0, 0.05) is 20.1 Å². The maximum Gasteiger partial charge on any atom is 0.271 e. The zero-order valence-electron chi connectivity index (χ0n) is 10.1. The van der Waals surface area contributed by atoms with Crippen molar-refractivity contribution in [3.8, 4) is 0 Å². The molecule has 0 radical (unpaired) electrons. The van der Waals surface area contributed by atoms with Crippen molar-refractivity contribution in [3.05, 3.63) is 17.8 Å². The van der Waals surface area contributed by atoms with Crippen LogP contribution in [-0.4, -0.2) is 41.8 Å². The lowest BCUT2D eigenvalue weighted by Gasteiger charge is -2.47. The monoisotopic (exact) mass is 235 g/mol. The molecule has 2 rings (SSSR count). The first-order valence-corrected chi connectivity index (χ1v) is 5.67. The van der Waals surface area contributed by atoms with Crippen LogP contribution in [0.1, 0.15) is 23.8 Å². The highest BCUT2D eigenvalue weighted by Crippen LogP contribution is 2.25. The topological polar surface area (TPSA) is 84.1 Å². The van der Waals surface area contributed by atoms with Crippen LogP contribution in [-0.2, 0) is 0 Å². The highest BCUT2D eigenvalue weighted by molar-refractivity contribution is 5.91. The summed E-state index contributed by atoms with van der Waals surface area (Å²) in [5.74, 6) is 0.543. The van der Waals surface area contributed by atoms with E-state index in [-0.39, 0.29) is 11.4 Å². The van der Waals surface area contributed by atoms with Crippen LogP contribution >= 0.6 is 0 Å². The summed E-state index contributed by atoms with van der Waals surface area (Å²) in [5.41, 5.74) is 6.30. The second kappa shape index (κ2) is 4.29. The molecule has 1 aromatic heterocycles. The van der Waals surface area contributed by atoms with Crippen LogP contribution in [0.4, 0.5) is 5.82 Å². The van der Waals surface area contributed by atoms with Crippen molar-refractivity contribution >= 4 is 11.7 Å². The molecule has 1 aromatic rings. The molecule has 17 heavy (non-hydrogen) atoms. The average Bonchev–Trinajstić information content (AvgIpc) is 2.34. The Morgan fingerprint density at radius 3 is 2.71 bits per heavy atom. The third-order valence-corrected chi connectivity index (χ3v) is 3.15. The van der Waals surface area contributed by atoms with Crippen molar-refractivity contribution in [2.24, 2.45) is 5.73 Å². The van der Waals surface area contributed by atoms with Crippen LogP contribution in [0.3, 0.4) is 0 Å². The molecular formula is C11H17N5O. The lowest BCUT2D eigenvalue weighted by Crippen LogP contribution is -2.67. The molecule has 3 N–H and O–H groups in total. The normalized spacial score (nSPS) is 17.5. The van der Waals surface area contributed by atoms with E-state index >= 15 is 0 Å². The minimum atomic E-state index is -0.227. The smallest absolute Gasteiger partial charge is 0.271 e. The first-order chi connectivity index (χ1) is 8.08. The van der Waals surface area contributed by atoms with Crippen LogP contribution in [0.5, 0.6) is 0 Å². The molecule has 1 saturated heterocycles. The van der Waals surface area contributed by atoms with Gasteiger partial charge in [-0.15, -0.1) is 10.2 Å². The van der Waals surface area contributed by atoms with E-state index in [2.05, 4.69) is 27.3 Å². The quantitative estimate of drug-likeness (QED) is 0.755. The van der Waals surface area contributed by atoms with Gasteiger partial charge in [-0.2, -0.15) is 0 Å². The van der Waals surface area contributed by atoms with Crippen LogP contribution in [0.2, 0.25) is 0 Å². The van der Waals surface area contributed by atoms with Gasteiger partial charge in [0.2, 0.25) is 0 Å². The summed E-state index contributed by atoms with van der Waals surface area (Å²) in [7, 11) is 1.57. The first kappa shape index (κ1) is 11.8. The molecule has 1 amide bonds. The number of carbonyl (C=O) groups is 1. The van der Waals surface area contributed by atoms with Crippen molar-refractivity contribution in [2.45, 2.75) is 18.9 Å². The van der Waals surface area contributed by atoms with Gasteiger partial charge in [-0.25, -0.2) is 0 Å². The molecule has 0 spiro atoms. The van der Waals surface area contributed by atoms with E-state index in [1.165, 1.54) is 0 Å². The zero-order valence-corrected chi connectivity index (χ0v) is 10.1. The van der Waals surface area contributed by atoms with E-state index in [1.54, 1.807) is 19.2 Å². The number of hydrogen-bond donors (Lipinski definition) is 2. The van der Waals surface area contributed by atoms with Gasteiger partial charge in [-0.3, -0.25) is 4.79 Å². The Hall–Kier alpha value is -1.69. The predicted molar refractivity (Wildman–Crippen MR) is 64.8 cm³/mol. The van der Waals surface area contributed by atoms with Crippen LogP contribution in [0.25, 0.3) is 0 Å². The summed E-state index contributed by atoms with van der Waals surface area (Å²) in [6.07, 6.45) is 0.952. The zero-order chi connectivity index (χ0) is 12.5. The number of aromatic nitrogens is 2. The highest BCUT2D eigenvalue weighted by atomic mass is 16.1. The van der Waals surface area contributed by atoms with Crippen molar-refractivity contribution in [2.75, 3.05) is 25.0 Å². The SMILES string of the molecule is CCC1(N)CN(c2ccc(C(=O)NC)nn2)C1.